The van der Waals surface area contributed by atoms with E-state index in [4.69, 9.17) is 4.74 Å². The van der Waals surface area contributed by atoms with E-state index < -0.39 is 5.97 Å². The fourth-order valence-corrected chi connectivity index (χ4v) is 4.18. The number of carbonyl (C=O) groups excluding carboxylic acids is 1. The zero-order valence-electron chi connectivity index (χ0n) is 17.1. The predicted molar refractivity (Wildman–Crippen MR) is 118 cm³/mol. The molecule has 0 radical (unpaired) electrons. The lowest BCUT2D eigenvalue weighted by Gasteiger charge is -2.23. The van der Waals surface area contributed by atoms with Gasteiger partial charge in [-0.25, -0.2) is 4.79 Å². The number of benzene rings is 3. The number of hydrogen-bond acceptors (Lipinski definition) is 3. The number of rotatable bonds is 4. The number of carbonyl (C=O) groups is 2. The van der Waals surface area contributed by atoms with E-state index in [2.05, 4.69) is 12.2 Å². The van der Waals surface area contributed by atoms with E-state index in [0.717, 1.165) is 34.7 Å². The maximum absolute atomic E-state index is 12.9. The van der Waals surface area contributed by atoms with Crippen LogP contribution in [-0.4, -0.2) is 17.0 Å². The fourth-order valence-electron chi connectivity index (χ4n) is 4.18. The molecular weight excluding hydrogens is 376 g/mol. The van der Waals surface area contributed by atoms with Crippen LogP contribution in [0.5, 0.6) is 5.75 Å². The average Bonchev–Trinajstić information content (AvgIpc) is 2.73. The molecule has 0 heterocycles. The molecular formula is C26H24O4. The highest BCUT2D eigenvalue weighted by molar-refractivity contribution is 6.06. The monoisotopic (exact) mass is 400 g/mol. The zero-order valence-corrected chi connectivity index (χ0v) is 17.1. The highest BCUT2D eigenvalue weighted by Crippen LogP contribution is 2.38. The van der Waals surface area contributed by atoms with Crippen LogP contribution < -0.4 is 4.74 Å². The molecule has 0 spiro atoms. The van der Waals surface area contributed by atoms with Crippen molar-refractivity contribution in [3.05, 3.63) is 77.9 Å². The number of hydrogen-bond donors (Lipinski definition) is 1. The number of aryl methyl sites for hydroxylation is 1. The number of aromatic carboxylic acids is 1. The Hall–Kier alpha value is -3.40. The van der Waals surface area contributed by atoms with Crippen molar-refractivity contribution in [3.8, 4) is 16.9 Å². The minimum Gasteiger partial charge on any atom is -0.478 e. The third kappa shape index (κ3) is 3.73. The van der Waals surface area contributed by atoms with E-state index in [1.807, 2.05) is 50.2 Å². The molecule has 2 atom stereocenters. The van der Waals surface area contributed by atoms with Crippen LogP contribution in [0.15, 0.2) is 66.7 Å². The molecule has 1 N–H and O–H groups in total. The lowest BCUT2D eigenvalue weighted by molar-refractivity contribution is -0.140. The van der Waals surface area contributed by atoms with Crippen LogP contribution in [0.2, 0.25) is 0 Å². The normalized spacial score (nSPS) is 18.3. The summed E-state index contributed by atoms with van der Waals surface area (Å²) in [7, 11) is 0. The number of fused-ring (bicyclic) bond motifs is 1. The molecule has 0 saturated heterocycles. The van der Waals surface area contributed by atoms with Gasteiger partial charge in [0.15, 0.2) is 0 Å². The van der Waals surface area contributed by atoms with E-state index in [0.29, 0.717) is 11.3 Å². The maximum atomic E-state index is 12.9. The molecule has 1 aliphatic carbocycles. The Balaban J connectivity index is 1.84. The SMILES string of the molecule is Cc1ccc(C(=O)O)c(-c2cccc3cccc(OC(=O)C4CCC=CC4C)c23)c1. The quantitative estimate of drug-likeness (QED) is 0.330. The van der Waals surface area contributed by atoms with Crippen molar-refractivity contribution in [3.63, 3.8) is 0 Å². The van der Waals surface area contributed by atoms with Crippen molar-refractivity contribution in [2.75, 3.05) is 0 Å². The van der Waals surface area contributed by atoms with Gasteiger partial charge in [0.25, 0.3) is 0 Å². The highest BCUT2D eigenvalue weighted by Gasteiger charge is 2.28. The van der Waals surface area contributed by atoms with Crippen molar-refractivity contribution in [2.45, 2.75) is 26.7 Å². The van der Waals surface area contributed by atoms with Crippen LogP contribution in [0, 0.1) is 18.8 Å². The number of carboxylic acid groups (broad SMARTS) is 1. The maximum Gasteiger partial charge on any atom is 0.336 e. The Labute approximate surface area is 175 Å². The number of ether oxygens (including phenoxy) is 1. The van der Waals surface area contributed by atoms with Crippen molar-refractivity contribution in [1.82, 2.24) is 0 Å². The summed E-state index contributed by atoms with van der Waals surface area (Å²) in [5, 5.41) is 11.4. The zero-order chi connectivity index (χ0) is 21.3. The fraction of sp³-hybridized carbons (Fsp3) is 0.231. The van der Waals surface area contributed by atoms with E-state index >= 15 is 0 Å². The first-order valence-corrected chi connectivity index (χ1v) is 10.2. The van der Waals surface area contributed by atoms with E-state index in [-0.39, 0.29) is 23.4 Å². The first kappa shape index (κ1) is 19.9. The van der Waals surface area contributed by atoms with Crippen LogP contribution in [-0.2, 0) is 4.79 Å². The molecule has 0 saturated carbocycles. The molecule has 2 unspecified atom stereocenters. The van der Waals surface area contributed by atoms with Gasteiger partial charge in [0.2, 0.25) is 0 Å². The van der Waals surface area contributed by atoms with Crippen molar-refractivity contribution in [2.24, 2.45) is 11.8 Å². The Morgan fingerprint density at radius 2 is 1.80 bits per heavy atom. The molecule has 152 valence electrons. The molecule has 4 rings (SSSR count). The highest BCUT2D eigenvalue weighted by atomic mass is 16.5. The molecule has 30 heavy (non-hydrogen) atoms. The van der Waals surface area contributed by atoms with Gasteiger partial charge in [-0.1, -0.05) is 67.1 Å². The third-order valence-corrected chi connectivity index (χ3v) is 5.79. The summed E-state index contributed by atoms with van der Waals surface area (Å²) >= 11 is 0. The molecule has 0 amide bonds. The van der Waals surface area contributed by atoms with Gasteiger partial charge in [0.1, 0.15) is 5.75 Å². The molecule has 0 fully saturated rings. The second kappa shape index (κ2) is 8.15. The summed E-state index contributed by atoms with van der Waals surface area (Å²) in [4.78, 5) is 24.8. The minimum absolute atomic E-state index is 0.135. The summed E-state index contributed by atoms with van der Waals surface area (Å²) in [6.45, 7) is 3.96. The summed E-state index contributed by atoms with van der Waals surface area (Å²) in [6.07, 6.45) is 5.82. The third-order valence-electron chi connectivity index (χ3n) is 5.79. The Morgan fingerprint density at radius 1 is 1.03 bits per heavy atom. The topological polar surface area (TPSA) is 63.6 Å². The molecule has 4 heteroatoms. The van der Waals surface area contributed by atoms with Crippen LogP contribution in [0.4, 0.5) is 0 Å². The smallest absolute Gasteiger partial charge is 0.336 e. The summed E-state index contributed by atoms with van der Waals surface area (Å²) in [5.74, 6) is -0.800. The Kier molecular flexibility index (Phi) is 5.40. The largest absolute Gasteiger partial charge is 0.478 e. The van der Waals surface area contributed by atoms with Gasteiger partial charge >= 0.3 is 11.9 Å². The molecule has 3 aromatic carbocycles. The van der Waals surface area contributed by atoms with Crippen LogP contribution >= 0.6 is 0 Å². The Bertz CT molecular complexity index is 1150. The second-order valence-corrected chi connectivity index (χ2v) is 7.91. The summed E-state index contributed by atoms with van der Waals surface area (Å²) in [5.41, 5.74) is 2.55. The summed E-state index contributed by atoms with van der Waals surface area (Å²) in [6, 6.07) is 16.6. The van der Waals surface area contributed by atoms with Crippen LogP contribution in [0.1, 0.15) is 35.7 Å². The summed E-state index contributed by atoms with van der Waals surface area (Å²) < 4.78 is 5.91. The molecule has 0 aliphatic heterocycles. The molecule has 0 bridgehead atoms. The molecule has 1 aliphatic rings. The van der Waals surface area contributed by atoms with E-state index in [9.17, 15) is 14.7 Å². The molecule has 4 nitrogen and oxygen atoms in total. The van der Waals surface area contributed by atoms with Gasteiger partial charge < -0.3 is 9.84 Å². The van der Waals surface area contributed by atoms with Gasteiger partial charge in [-0.15, -0.1) is 0 Å². The van der Waals surface area contributed by atoms with Gasteiger partial charge in [-0.2, -0.15) is 0 Å². The number of allylic oxidation sites excluding steroid dienone is 2. The lowest BCUT2D eigenvalue weighted by atomic mass is 9.85. The first-order valence-electron chi connectivity index (χ1n) is 10.2. The first-order chi connectivity index (χ1) is 14.5. The lowest BCUT2D eigenvalue weighted by Crippen LogP contribution is -2.27. The predicted octanol–water partition coefficient (Wildman–Crippen LogP) is 6.02. The van der Waals surface area contributed by atoms with E-state index in [1.54, 1.807) is 18.2 Å². The minimum atomic E-state index is -0.987. The van der Waals surface area contributed by atoms with Gasteiger partial charge in [-0.3, -0.25) is 4.79 Å². The number of esters is 1. The van der Waals surface area contributed by atoms with Gasteiger partial charge in [0, 0.05) is 5.39 Å². The van der Waals surface area contributed by atoms with Crippen molar-refractivity contribution < 1.29 is 19.4 Å². The Morgan fingerprint density at radius 3 is 2.53 bits per heavy atom. The van der Waals surface area contributed by atoms with Crippen LogP contribution in [0.3, 0.4) is 0 Å². The van der Waals surface area contributed by atoms with Crippen molar-refractivity contribution in [1.29, 1.82) is 0 Å². The number of carboxylic acids is 1. The average molecular weight is 400 g/mol. The van der Waals surface area contributed by atoms with Crippen molar-refractivity contribution >= 4 is 22.7 Å². The molecule has 3 aromatic rings. The van der Waals surface area contributed by atoms with Gasteiger partial charge in [0.05, 0.1) is 11.5 Å². The standard InChI is InChI=1S/C26H24O4/c1-16-13-14-21(25(27)28)22(15-16)20-11-5-8-18-9-6-12-23(24(18)20)30-26(29)19-10-4-3-7-17(19)2/h3,5-9,11-15,17,19H,4,10H2,1-2H3,(H,27,28). The van der Waals surface area contributed by atoms with Crippen LogP contribution in [0.25, 0.3) is 21.9 Å². The van der Waals surface area contributed by atoms with E-state index in [1.165, 1.54) is 0 Å². The molecule has 0 aromatic heterocycles. The van der Waals surface area contributed by atoms with Gasteiger partial charge in [-0.05, 0) is 54.3 Å². The second-order valence-electron chi connectivity index (χ2n) is 7.91.